The van der Waals surface area contributed by atoms with Gasteiger partial charge in [-0.3, -0.25) is 4.79 Å². The van der Waals surface area contributed by atoms with Gasteiger partial charge in [0.1, 0.15) is 0 Å². The van der Waals surface area contributed by atoms with E-state index in [1.165, 1.54) is 6.42 Å². The summed E-state index contributed by atoms with van der Waals surface area (Å²) in [6, 6.07) is 8.24. The second-order valence-corrected chi connectivity index (χ2v) is 5.78. The molecule has 3 rings (SSSR count). The van der Waals surface area contributed by atoms with E-state index in [1.54, 1.807) is 6.33 Å². The van der Waals surface area contributed by atoms with Crippen molar-refractivity contribution < 1.29 is 4.79 Å². The number of fused-ring (bicyclic) bond motifs is 1. The van der Waals surface area contributed by atoms with Crippen molar-refractivity contribution in [2.75, 3.05) is 6.54 Å². The van der Waals surface area contributed by atoms with Gasteiger partial charge in [0.2, 0.25) is 5.91 Å². The van der Waals surface area contributed by atoms with E-state index in [4.69, 9.17) is 5.73 Å². The smallest absolute Gasteiger partial charge is 0.222 e. The summed E-state index contributed by atoms with van der Waals surface area (Å²) in [5, 5.41) is 3.14. The molecule has 0 radical (unpaired) electrons. The maximum absolute atomic E-state index is 12.1. The number of amides is 1. The molecule has 1 saturated carbocycles. The summed E-state index contributed by atoms with van der Waals surface area (Å²) in [5.41, 5.74) is 7.79. The van der Waals surface area contributed by atoms with E-state index in [0.29, 0.717) is 25.4 Å². The van der Waals surface area contributed by atoms with Crippen molar-refractivity contribution in [1.29, 1.82) is 0 Å². The van der Waals surface area contributed by atoms with Crippen LogP contribution in [0, 0.1) is 5.92 Å². The Balaban J connectivity index is 0.00000132. The van der Waals surface area contributed by atoms with Crippen molar-refractivity contribution in [3.05, 3.63) is 30.6 Å². The van der Waals surface area contributed by atoms with E-state index in [1.807, 2.05) is 28.8 Å². The molecule has 2 unspecified atom stereocenters. The third-order valence-corrected chi connectivity index (χ3v) is 4.42. The van der Waals surface area contributed by atoms with Gasteiger partial charge in [0.05, 0.1) is 17.4 Å². The van der Waals surface area contributed by atoms with Crippen LogP contribution in [-0.2, 0) is 11.3 Å². The summed E-state index contributed by atoms with van der Waals surface area (Å²) >= 11 is 0. The monoisotopic (exact) mass is 358 g/mol. The van der Waals surface area contributed by atoms with Gasteiger partial charge in [0.25, 0.3) is 0 Å². The standard InChI is InChI=1S/C16H22N4O.2ClH/c17-10-12-4-3-6-13(12)19-16(21)8-9-20-11-18-14-5-1-2-7-15(14)20;;/h1-2,5,7,11-13H,3-4,6,8-10,17H2,(H,19,21);2*1H. The van der Waals surface area contributed by atoms with E-state index in [-0.39, 0.29) is 36.8 Å². The molecule has 3 N–H and O–H groups in total. The number of aromatic nitrogens is 2. The Bertz CT molecular complexity index is 631. The molecule has 7 heteroatoms. The summed E-state index contributed by atoms with van der Waals surface area (Å²) in [6.45, 7) is 1.32. The highest BCUT2D eigenvalue weighted by molar-refractivity contribution is 5.85. The number of carbonyl (C=O) groups excluding carboxylic acids is 1. The Morgan fingerprint density at radius 3 is 2.87 bits per heavy atom. The number of rotatable bonds is 5. The Labute approximate surface area is 148 Å². The Morgan fingerprint density at radius 1 is 1.30 bits per heavy atom. The lowest BCUT2D eigenvalue weighted by molar-refractivity contribution is -0.122. The van der Waals surface area contributed by atoms with Crippen LogP contribution in [-0.4, -0.2) is 28.0 Å². The number of carbonyl (C=O) groups is 1. The number of hydrogen-bond donors (Lipinski definition) is 2. The van der Waals surface area contributed by atoms with Crippen molar-refractivity contribution >= 4 is 41.8 Å². The molecule has 1 aromatic heterocycles. The zero-order chi connectivity index (χ0) is 14.7. The minimum atomic E-state index is 0. The third kappa shape index (κ3) is 4.59. The third-order valence-electron chi connectivity index (χ3n) is 4.42. The van der Waals surface area contributed by atoms with Gasteiger partial charge in [0.15, 0.2) is 0 Å². The fraction of sp³-hybridized carbons (Fsp3) is 0.500. The fourth-order valence-electron chi connectivity index (χ4n) is 3.20. The number of nitrogens with two attached hydrogens (primary N) is 1. The van der Waals surface area contributed by atoms with E-state index >= 15 is 0 Å². The van der Waals surface area contributed by atoms with Crippen LogP contribution in [0.25, 0.3) is 11.0 Å². The molecule has 1 aromatic carbocycles. The van der Waals surface area contributed by atoms with E-state index in [2.05, 4.69) is 10.3 Å². The highest BCUT2D eigenvalue weighted by Crippen LogP contribution is 2.24. The van der Waals surface area contributed by atoms with Crippen molar-refractivity contribution in [2.24, 2.45) is 11.7 Å². The molecule has 128 valence electrons. The molecule has 5 nitrogen and oxygen atoms in total. The molecule has 1 heterocycles. The molecule has 1 amide bonds. The minimum absolute atomic E-state index is 0. The first-order chi connectivity index (χ1) is 10.3. The number of nitrogens with one attached hydrogen (secondary N) is 1. The number of aryl methyl sites for hydroxylation is 1. The van der Waals surface area contributed by atoms with Gasteiger partial charge in [-0.1, -0.05) is 18.6 Å². The summed E-state index contributed by atoms with van der Waals surface area (Å²) in [7, 11) is 0. The summed E-state index contributed by atoms with van der Waals surface area (Å²) in [5.74, 6) is 0.557. The molecule has 0 bridgehead atoms. The van der Waals surface area contributed by atoms with Gasteiger partial charge in [-0.05, 0) is 37.4 Å². The van der Waals surface area contributed by atoms with Crippen molar-refractivity contribution in [2.45, 2.75) is 38.3 Å². The van der Waals surface area contributed by atoms with Crippen LogP contribution >= 0.6 is 24.8 Å². The minimum Gasteiger partial charge on any atom is -0.353 e. The lowest BCUT2D eigenvalue weighted by Gasteiger charge is -2.19. The maximum atomic E-state index is 12.1. The molecule has 0 aliphatic heterocycles. The topological polar surface area (TPSA) is 72.9 Å². The molecular formula is C16H24Cl2N4O. The molecule has 1 aliphatic carbocycles. The first-order valence-corrected chi connectivity index (χ1v) is 7.67. The maximum Gasteiger partial charge on any atom is 0.222 e. The van der Waals surface area contributed by atoms with Crippen LogP contribution in [0.2, 0.25) is 0 Å². The van der Waals surface area contributed by atoms with Crippen LogP contribution in [0.15, 0.2) is 30.6 Å². The predicted molar refractivity (Wildman–Crippen MR) is 97.2 cm³/mol. The van der Waals surface area contributed by atoms with Gasteiger partial charge >= 0.3 is 0 Å². The lowest BCUT2D eigenvalue weighted by atomic mass is 10.0. The van der Waals surface area contributed by atoms with E-state index < -0.39 is 0 Å². The zero-order valence-electron chi connectivity index (χ0n) is 13.0. The average molecular weight is 359 g/mol. The van der Waals surface area contributed by atoms with E-state index in [0.717, 1.165) is 23.9 Å². The molecule has 0 spiro atoms. The average Bonchev–Trinajstić information content (AvgIpc) is 3.11. The number of benzene rings is 1. The summed E-state index contributed by atoms with van der Waals surface area (Å²) in [4.78, 5) is 16.4. The Kier molecular flexibility index (Phi) is 7.82. The number of halogens is 2. The lowest BCUT2D eigenvalue weighted by Crippen LogP contribution is -2.40. The van der Waals surface area contributed by atoms with Crippen molar-refractivity contribution in [3.63, 3.8) is 0 Å². The van der Waals surface area contributed by atoms with Crippen LogP contribution in [0.1, 0.15) is 25.7 Å². The number of para-hydroxylation sites is 2. The highest BCUT2D eigenvalue weighted by Gasteiger charge is 2.27. The fourth-order valence-corrected chi connectivity index (χ4v) is 3.20. The quantitative estimate of drug-likeness (QED) is 0.862. The molecule has 2 atom stereocenters. The second kappa shape index (κ2) is 9.11. The van der Waals surface area contributed by atoms with Gasteiger partial charge in [-0.25, -0.2) is 4.98 Å². The van der Waals surface area contributed by atoms with Gasteiger partial charge in [-0.15, -0.1) is 24.8 Å². The number of imidazole rings is 1. The first kappa shape index (κ1) is 19.7. The number of hydrogen-bond acceptors (Lipinski definition) is 3. The van der Waals surface area contributed by atoms with Crippen LogP contribution in [0.3, 0.4) is 0 Å². The first-order valence-electron chi connectivity index (χ1n) is 7.67. The molecule has 1 fully saturated rings. The summed E-state index contributed by atoms with van der Waals surface area (Å²) in [6.07, 6.45) is 5.64. The molecular weight excluding hydrogens is 335 g/mol. The zero-order valence-corrected chi connectivity index (χ0v) is 14.6. The summed E-state index contributed by atoms with van der Waals surface area (Å²) < 4.78 is 2.03. The Morgan fingerprint density at radius 2 is 2.09 bits per heavy atom. The SMILES string of the molecule is Cl.Cl.NCC1CCCC1NC(=O)CCn1cnc2ccccc21. The van der Waals surface area contributed by atoms with Crippen LogP contribution in [0.4, 0.5) is 0 Å². The highest BCUT2D eigenvalue weighted by atomic mass is 35.5. The van der Waals surface area contributed by atoms with Crippen molar-refractivity contribution in [1.82, 2.24) is 14.9 Å². The van der Waals surface area contributed by atoms with Gasteiger partial charge in [-0.2, -0.15) is 0 Å². The molecule has 23 heavy (non-hydrogen) atoms. The number of nitrogens with zero attached hydrogens (tertiary/aromatic N) is 2. The second-order valence-electron chi connectivity index (χ2n) is 5.78. The largest absolute Gasteiger partial charge is 0.353 e. The van der Waals surface area contributed by atoms with E-state index in [9.17, 15) is 4.79 Å². The van der Waals surface area contributed by atoms with Gasteiger partial charge < -0.3 is 15.6 Å². The molecule has 1 aliphatic rings. The van der Waals surface area contributed by atoms with Gasteiger partial charge in [0, 0.05) is 19.0 Å². The van der Waals surface area contributed by atoms with Crippen molar-refractivity contribution in [3.8, 4) is 0 Å². The van der Waals surface area contributed by atoms with Crippen LogP contribution in [0.5, 0.6) is 0 Å². The molecule has 2 aromatic rings. The Hall–Kier alpha value is -1.30. The molecule has 0 saturated heterocycles. The normalized spacial score (nSPS) is 19.9. The predicted octanol–water partition coefficient (Wildman–Crippen LogP) is 2.51. The van der Waals surface area contributed by atoms with Crippen LogP contribution < -0.4 is 11.1 Å².